The molecule has 0 aliphatic carbocycles. The van der Waals surface area contributed by atoms with Crippen molar-refractivity contribution in [1.82, 2.24) is 4.90 Å². The number of nitrogens with zero attached hydrogens (tertiary/aromatic N) is 2. The third-order valence-corrected chi connectivity index (χ3v) is 4.08. The second kappa shape index (κ2) is 7.45. The first kappa shape index (κ1) is 16.6. The molecule has 4 heteroatoms. The number of aryl methyl sites for hydroxylation is 2. The van der Waals surface area contributed by atoms with Gasteiger partial charge in [0.1, 0.15) is 11.5 Å². The molecule has 0 aliphatic heterocycles. The van der Waals surface area contributed by atoms with E-state index in [1.165, 1.54) is 0 Å². The third-order valence-electron chi connectivity index (χ3n) is 3.46. The fourth-order valence-electron chi connectivity index (χ4n) is 1.89. The van der Waals surface area contributed by atoms with Gasteiger partial charge in [-0.3, -0.25) is 0 Å². The predicted octanol–water partition coefficient (Wildman–Crippen LogP) is 5.47. The van der Waals surface area contributed by atoms with E-state index in [2.05, 4.69) is 27.8 Å². The molecular weight excluding hydrogens is 340 g/mol. The second-order valence-corrected chi connectivity index (χ2v) is 6.11. The molecule has 0 aliphatic rings. The van der Waals surface area contributed by atoms with Gasteiger partial charge in [-0.25, -0.2) is 4.99 Å². The van der Waals surface area contributed by atoms with Crippen molar-refractivity contribution in [3.8, 4) is 11.5 Å². The SMILES string of the molecule is CCN(C)/C=N\c1cc(Br)c(Oc2ccccc2C)cc1C. The van der Waals surface area contributed by atoms with Crippen molar-refractivity contribution in [2.75, 3.05) is 13.6 Å². The normalized spacial score (nSPS) is 11.0. The van der Waals surface area contributed by atoms with E-state index in [0.717, 1.165) is 39.3 Å². The predicted molar refractivity (Wildman–Crippen MR) is 96.6 cm³/mol. The largest absolute Gasteiger partial charge is 0.456 e. The van der Waals surface area contributed by atoms with Crippen molar-refractivity contribution in [3.05, 3.63) is 52.0 Å². The smallest absolute Gasteiger partial charge is 0.142 e. The maximum atomic E-state index is 6.01. The summed E-state index contributed by atoms with van der Waals surface area (Å²) in [5, 5.41) is 0. The van der Waals surface area contributed by atoms with Gasteiger partial charge in [-0.2, -0.15) is 0 Å². The standard InChI is InChI=1S/C18H21BrN2O/c1-5-21(4)12-20-16-11-15(19)18(10-14(16)3)22-17-9-7-6-8-13(17)2/h6-12H,5H2,1-4H3/b20-12-. The Balaban J connectivity index is 2.27. The van der Waals surface area contributed by atoms with Crippen LogP contribution in [0.15, 0.2) is 45.9 Å². The van der Waals surface area contributed by atoms with Crippen molar-refractivity contribution >= 4 is 28.0 Å². The molecule has 0 N–H and O–H groups in total. The lowest BCUT2D eigenvalue weighted by Crippen LogP contribution is -2.14. The van der Waals surface area contributed by atoms with Gasteiger partial charge in [0.25, 0.3) is 0 Å². The highest BCUT2D eigenvalue weighted by molar-refractivity contribution is 9.10. The number of hydrogen-bond donors (Lipinski definition) is 0. The fraction of sp³-hybridized carbons (Fsp3) is 0.278. The van der Waals surface area contributed by atoms with E-state index in [9.17, 15) is 0 Å². The highest BCUT2D eigenvalue weighted by atomic mass is 79.9. The summed E-state index contributed by atoms with van der Waals surface area (Å²) < 4.78 is 6.91. The molecule has 0 fully saturated rings. The average molecular weight is 361 g/mol. The first-order valence-corrected chi connectivity index (χ1v) is 8.08. The van der Waals surface area contributed by atoms with Crippen LogP contribution in [0.25, 0.3) is 0 Å². The zero-order valence-corrected chi connectivity index (χ0v) is 15.0. The molecule has 0 unspecified atom stereocenters. The lowest BCUT2D eigenvalue weighted by atomic mass is 10.2. The van der Waals surface area contributed by atoms with Gasteiger partial charge in [0.15, 0.2) is 0 Å². The molecule has 0 saturated heterocycles. The van der Waals surface area contributed by atoms with Crippen LogP contribution in [-0.4, -0.2) is 24.8 Å². The Labute approximate surface area is 140 Å². The summed E-state index contributed by atoms with van der Waals surface area (Å²) in [5.41, 5.74) is 3.12. The Hall–Kier alpha value is -1.81. The van der Waals surface area contributed by atoms with Crippen LogP contribution >= 0.6 is 15.9 Å². The van der Waals surface area contributed by atoms with E-state index in [1.54, 1.807) is 0 Å². The van der Waals surface area contributed by atoms with Crippen molar-refractivity contribution in [2.45, 2.75) is 20.8 Å². The second-order valence-electron chi connectivity index (χ2n) is 5.25. The molecule has 0 amide bonds. The molecule has 0 bridgehead atoms. The van der Waals surface area contributed by atoms with Gasteiger partial charge in [0.2, 0.25) is 0 Å². The molecule has 0 aromatic heterocycles. The molecule has 2 rings (SSSR count). The summed E-state index contributed by atoms with van der Waals surface area (Å²) >= 11 is 3.57. The highest BCUT2D eigenvalue weighted by Crippen LogP contribution is 2.36. The Morgan fingerprint density at radius 3 is 2.55 bits per heavy atom. The van der Waals surface area contributed by atoms with E-state index in [4.69, 9.17) is 4.74 Å². The molecular formula is C18H21BrN2O. The number of benzene rings is 2. The van der Waals surface area contributed by atoms with E-state index < -0.39 is 0 Å². The van der Waals surface area contributed by atoms with Gasteiger partial charge < -0.3 is 9.64 Å². The maximum Gasteiger partial charge on any atom is 0.142 e. The van der Waals surface area contributed by atoms with Crippen LogP contribution in [0.1, 0.15) is 18.1 Å². The lowest BCUT2D eigenvalue weighted by Gasteiger charge is -2.13. The molecule has 116 valence electrons. The van der Waals surface area contributed by atoms with Gasteiger partial charge in [0.05, 0.1) is 16.5 Å². The first-order valence-electron chi connectivity index (χ1n) is 7.29. The van der Waals surface area contributed by atoms with Gasteiger partial charge in [-0.1, -0.05) is 18.2 Å². The van der Waals surface area contributed by atoms with E-state index in [0.29, 0.717) is 0 Å². The van der Waals surface area contributed by atoms with Crippen LogP contribution in [0.2, 0.25) is 0 Å². The first-order chi connectivity index (χ1) is 10.5. The van der Waals surface area contributed by atoms with Crippen LogP contribution in [-0.2, 0) is 0 Å². The molecule has 0 saturated carbocycles. The summed E-state index contributed by atoms with van der Waals surface area (Å²) in [7, 11) is 2.00. The van der Waals surface area contributed by atoms with E-state index >= 15 is 0 Å². The molecule has 2 aromatic rings. The van der Waals surface area contributed by atoms with E-state index in [1.807, 2.05) is 68.5 Å². The Morgan fingerprint density at radius 2 is 1.86 bits per heavy atom. The highest BCUT2D eigenvalue weighted by Gasteiger charge is 2.08. The molecule has 22 heavy (non-hydrogen) atoms. The Bertz CT molecular complexity index is 683. The number of para-hydroxylation sites is 1. The summed E-state index contributed by atoms with van der Waals surface area (Å²) in [6.07, 6.45) is 1.84. The van der Waals surface area contributed by atoms with Crippen molar-refractivity contribution in [2.24, 2.45) is 4.99 Å². The number of halogens is 1. The molecule has 2 aromatic carbocycles. The lowest BCUT2D eigenvalue weighted by molar-refractivity contribution is 0.475. The van der Waals surface area contributed by atoms with Crippen molar-refractivity contribution in [1.29, 1.82) is 0 Å². The van der Waals surface area contributed by atoms with Gasteiger partial charge in [-0.15, -0.1) is 0 Å². The summed E-state index contributed by atoms with van der Waals surface area (Å²) in [6.45, 7) is 7.09. The van der Waals surface area contributed by atoms with Crippen LogP contribution in [0.5, 0.6) is 11.5 Å². The van der Waals surface area contributed by atoms with Crippen molar-refractivity contribution in [3.63, 3.8) is 0 Å². The minimum absolute atomic E-state index is 0.801. The topological polar surface area (TPSA) is 24.8 Å². The molecule has 0 heterocycles. The van der Waals surface area contributed by atoms with Gasteiger partial charge >= 0.3 is 0 Å². The van der Waals surface area contributed by atoms with Crippen LogP contribution < -0.4 is 4.74 Å². The minimum atomic E-state index is 0.801. The average Bonchev–Trinajstić information content (AvgIpc) is 2.51. The minimum Gasteiger partial charge on any atom is -0.456 e. The third kappa shape index (κ3) is 4.10. The van der Waals surface area contributed by atoms with E-state index in [-0.39, 0.29) is 0 Å². The number of ether oxygens (including phenoxy) is 1. The van der Waals surface area contributed by atoms with Crippen molar-refractivity contribution < 1.29 is 4.74 Å². The zero-order valence-electron chi connectivity index (χ0n) is 13.4. The maximum absolute atomic E-state index is 6.01. The fourth-order valence-corrected chi connectivity index (χ4v) is 2.31. The molecule has 0 atom stereocenters. The van der Waals surface area contributed by atoms with Crippen LogP contribution in [0, 0.1) is 13.8 Å². The summed E-state index contributed by atoms with van der Waals surface area (Å²) in [6, 6.07) is 12.0. The van der Waals surface area contributed by atoms with Crippen LogP contribution in [0.4, 0.5) is 5.69 Å². The summed E-state index contributed by atoms with van der Waals surface area (Å²) in [5.74, 6) is 1.67. The van der Waals surface area contributed by atoms with Gasteiger partial charge in [-0.05, 0) is 66.0 Å². The molecule has 0 spiro atoms. The number of hydrogen-bond acceptors (Lipinski definition) is 2. The molecule has 3 nitrogen and oxygen atoms in total. The number of rotatable bonds is 5. The Kier molecular flexibility index (Phi) is 5.61. The zero-order chi connectivity index (χ0) is 16.1. The summed E-state index contributed by atoms with van der Waals surface area (Å²) in [4.78, 5) is 6.55. The van der Waals surface area contributed by atoms with Crippen LogP contribution in [0.3, 0.4) is 0 Å². The molecule has 0 radical (unpaired) electrons. The Morgan fingerprint density at radius 1 is 1.14 bits per heavy atom. The monoisotopic (exact) mass is 360 g/mol. The number of aliphatic imine (C=N–C) groups is 1. The quantitative estimate of drug-likeness (QED) is 0.521. The van der Waals surface area contributed by atoms with Gasteiger partial charge in [0, 0.05) is 13.6 Å².